The van der Waals surface area contributed by atoms with Gasteiger partial charge in [0.25, 0.3) is 0 Å². The topological polar surface area (TPSA) is 26.0 Å². The summed E-state index contributed by atoms with van der Waals surface area (Å²) in [6.07, 6.45) is 0. The lowest BCUT2D eigenvalue weighted by atomic mass is 10.2. The Bertz CT molecular complexity index is 277. The van der Waals surface area contributed by atoms with E-state index in [0.29, 0.717) is 10.0 Å². The van der Waals surface area contributed by atoms with Crippen LogP contribution in [0.5, 0.6) is 0 Å². The zero-order valence-electron chi connectivity index (χ0n) is 5.50. The number of benzene rings is 1. The minimum absolute atomic E-state index is 0.0434. The van der Waals surface area contributed by atoms with E-state index in [1.807, 2.05) is 0 Å². The molecule has 1 rings (SSSR count). The molecule has 0 aliphatic heterocycles. The standard InChI is InChI=1S/C7H5BrClFN/c8-5-1-2-6(10)7(9)4(5)3-11/h1H,3,11H2. The first-order chi connectivity index (χ1) is 5.16. The second-order valence-corrected chi connectivity index (χ2v) is 3.18. The van der Waals surface area contributed by atoms with E-state index in [2.05, 4.69) is 22.0 Å². The summed E-state index contributed by atoms with van der Waals surface area (Å²) in [6.45, 7) is 0.213. The van der Waals surface area contributed by atoms with Gasteiger partial charge >= 0.3 is 0 Å². The van der Waals surface area contributed by atoms with E-state index < -0.39 is 5.82 Å². The van der Waals surface area contributed by atoms with E-state index in [1.165, 1.54) is 6.07 Å². The normalized spacial score (nSPS) is 10.2. The number of hydrogen-bond acceptors (Lipinski definition) is 1. The fraction of sp³-hybridized carbons (Fsp3) is 0.143. The smallest absolute Gasteiger partial charge is 0.150 e. The van der Waals surface area contributed by atoms with Crippen molar-refractivity contribution in [3.63, 3.8) is 0 Å². The van der Waals surface area contributed by atoms with Crippen molar-refractivity contribution >= 4 is 27.5 Å². The third kappa shape index (κ3) is 1.72. The minimum Gasteiger partial charge on any atom is -0.326 e. The van der Waals surface area contributed by atoms with Crippen LogP contribution in [0.2, 0.25) is 5.02 Å². The highest BCUT2D eigenvalue weighted by atomic mass is 79.9. The highest BCUT2D eigenvalue weighted by Gasteiger charge is 2.07. The zero-order valence-corrected chi connectivity index (χ0v) is 7.84. The van der Waals surface area contributed by atoms with E-state index in [1.54, 1.807) is 0 Å². The molecule has 0 amide bonds. The molecule has 59 valence electrons. The summed E-state index contributed by atoms with van der Waals surface area (Å²) in [5, 5.41) is 0.0434. The molecule has 1 radical (unpaired) electrons. The molecule has 0 saturated heterocycles. The van der Waals surface area contributed by atoms with Gasteiger partial charge in [-0.25, -0.2) is 4.39 Å². The monoisotopic (exact) mass is 236 g/mol. The maximum Gasteiger partial charge on any atom is 0.150 e. The van der Waals surface area contributed by atoms with Gasteiger partial charge in [0.05, 0.1) is 5.02 Å². The van der Waals surface area contributed by atoms with Gasteiger partial charge in [-0.3, -0.25) is 0 Å². The first-order valence-corrected chi connectivity index (χ1v) is 4.08. The number of nitrogens with two attached hydrogens (primary N) is 1. The third-order valence-corrected chi connectivity index (χ3v) is 2.38. The van der Waals surface area contributed by atoms with Crippen LogP contribution in [0.3, 0.4) is 0 Å². The van der Waals surface area contributed by atoms with Gasteiger partial charge in [-0.05, 0) is 6.07 Å². The molecule has 0 aliphatic carbocycles. The van der Waals surface area contributed by atoms with Gasteiger partial charge in [0.2, 0.25) is 0 Å². The van der Waals surface area contributed by atoms with Gasteiger partial charge in [-0.1, -0.05) is 27.5 Å². The molecule has 0 heterocycles. The Labute approximate surface area is 77.5 Å². The minimum atomic E-state index is -0.560. The molecule has 0 bridgehead atoms. The van der Waals surface area contributed by atoms with Gasteiger partial charge in [0.1, 0.15) is 5.82 Å². The van der Waals surface area contributed by atoms with Crippen LogP contribution in [0.1, 0.15) is 5.56 Å². The second kappa shape index (κ2) is 3.52. The molecule has 0 aromatic heterocycles. The van der Waals surface area contributed by atoms with Crippen LogP contribution in [0.25, 0.3) is 0 Å². The van der Waals surface area contributed by atoms with Crippen LogP contribution in [-0.2, 0) is 6.54 Å². The van der Waals surface area contributed by atoms with Crippen molar-refractivity contribution in [3.05, 3.63) is 33.0 Å². The number of halogens is 3. The molecule has 11 heavy (non-hydrogen) atoms. The summed E-state index contributed by atoms with van der Waals surface area (Å²) in [5.74, 6) is -0.560. The van der Waals surface area contributed by atoms with Gasteiger partial charge in [0, 0.05) is 22.6 Å². The zero-order chi connectivity index (χ0) is 8.43. The van der Waals surface area contributed by atoms with E-state index in [-0.39, 0.29) is 11.6 Å². The largest absolute Gasteiger partial charge is 0.326 e. The van der Waals surface area contributed by atoms with Gasteiger partial charge in [-0.15, -0.1) is 0 Å². The van der Waals surface area contributed by atoms with Crippen LogP contribution in [0, 0.1) is 11.9 Å². The average molecular weight is 237 g/mol. The van der Waals surface area contributed by atoms with Gasteiger partial charge < -0.3 is 5.73 Å². The Balaban J connectivity index is 3.29. The Hall–Kier alpha value is -0.120. The first kappa shape index (κ1) is 8.97. The molecule has 0 unspecified atom stereocenters. The molecular weight excluding hydrogens is 232 g/mol. The van der Waals surface area contributed by atoms with Crippen molar-refractivity contribution in [2.24, 2.45) is 5.73 Å². The van der Waals surface area contributed by atoms with E-state index in [9.17, 15) is 4.39 Å². The van der Waals surface area contributed by atoms with E-state index in [4.69, 9.17) is 17.3 Å². The molecule has 0 fully saturated rings. The summed E-state index contributed by atoms with van der Waals surface area (Å²) < 4.78 is 13.4. The lowest BCUT2D eigenvalue weighted by Gasteiger charge is -2.03. The fourth-order valence-corrected chi connectivity index (χ4v) is 1.52. The first-order valence-electron chi connectivity index (χ1n) is 2.91. The third-order valence-electron chi connectivity index (χ3n) is 1.28. The lowest BCUT2D eigenvalue weighted by molar-refractivity contribution is 0.623. The predicted molar refractivity (Wildman–Crippen MR) is 45.8 cm³/mol. The molecule has 0 aliphatic rings. The Morgan fingerprint density at radius 3 is 2.82 bits per heavy atom. The van der Waals surface area contributed by atoms with Crippen LogP contribution in [0.4, 0.5) is 4.39 Å². The quantitative estimate of drug-likeness (QED) is 0.746. The van der Waals surface area contributed by atoms with Crippen LogP contribution in [0.15, 0.2) is 10.5 Å². The molecule has 0 saturated carbocycles. The summed E-state index contributed by atoms with van der Waals surface area (Å²) in [4.78, 5) is 0. The maximum absolute atomic E-state index is 12.7. The van der Waals surface area contributed by atoms with Gasteiger partial charge in [-0.2, -0.15) is 0 Å². The summed E-state index contributed by atoms with van der Waals surface area (Å²) in [5.41, 5.74) is 5.90. The Morgan fingerprint density at radius 2 is 2.36 bits per heavy atom. The van der Waals surface area contributed by atoms with Crippen LogP contribution < -0.4 is 5.73 Å². The molecule has 1 nitrogen and oxygen atoms in total. The molecular formula is C7H5BrClFN. The summed E-state index contributed by atoms with van der Waals surface area (Å²) >= 11 is 8.76. The fourth-order valence-electron chi connectivity index (χ4n) is 0.702. The molecule has 2 N–H and O–H groups in total. The van der Waals surface area contributed by atoms with E-state index in [0.717, 1.165) is 0 Å². The maximum atomic E-state index is 12.7. The number of hydrogen-bond donors (Lipinski definition) is 1. The van der Waals surface area contributed by atoms with Crippen molar-refractivity contribution in [1.29, 1.82) is 0 Å². The van der Waals surface area contributed by atoms with E-state index >= 15 is 0 Å². The summed E-state index contributed by atoms with van der Waals surface area (Å²) in [6, 6.07) is 3.80. The Kier molecular flexibility index (Phi) is 2.87. The predicted octanol–water partition coefficient (Wildman–Crippen LogP) is 2.50. The van der Waals surface area contributed by atoms with Crippen molar-refractivity contribution in [2.45, 2.75) is 6.54 Å². The molecule has 1 aromatic carbocycles. The highest BCUT2D eigenvalue weighted by molar-refractivity contribution is 9.10. The molecule has 0 spiro atoms. The van der Waals surface area contributed by atoms with Crippen LogP contribution in [-0.4, -0.2) is 0 Å². The van der Waals surface area contributed by atoms with Gasteiger partial charge in [0.15, 0.2) is 0 Å². The SMILES string of the molecule is NCc1c(Br)c[c]c(F)c1Cl. The van der Waals surface area contributed by atoms with Crippen molar-refractivity contribution in [1.82, 2.24) is 0 Å². The van der Waals surface area contributed by atoms with Crippen molar-refractivity contribution in [2.75, 3.05) is 0 Å². The average Bonchev–Trinajstić information content (AvgIpc) is 1.99. The van der Waals surface area contributed by atoms with Crippen molar-refractivity contribution in [3.8, 4) is 0 Å². The second-order valence-electron chi connectivity index (χ2n) is 1.95. The molecule has 0 atom stereocenters. The molecule has 1 aromatic rings. The summed E-state index contributed by atoms with van der Waals surface area (Å²) in [7, 11) is 0. The Morgan fingerprint density at radius 1 is 1.73 bits per heavy atom. The highest BCUT2D eigenvalue weighted by Crippen LogP contribution is 2.26. The van der Waals surface area contributed by atoms with Crippen LogP contribution >= 0.6 is 27.5 Å². The number of rotatable bonds is 1. The van der Waals surface area contributed by atoms with Crippen molar-refractivity contribution < 1.29 is 4.39 Å². The molecule has 4 heteroatoms. The lowest BCUT2D eigenvalue weighted by Crippen LogP contribution is -1.99.